The predicted octanol–water partition coefficient (Wildman–Crippen LogP) is 5.52. The summed E-state index contributed by atoms with van der Waals surface area (Å²) in [5.74, 6) is -0.392. The van der Waals surface area contributed by atoms with Crippen LogP contribution in [0, 0.1) is 0 Å². The number of carbonyl (C=O) groups is 1. The van der Waals surface area contributed by atoms with Crippen molar-refractivity contribution in [2.45, 2.75) is 31.6 Å². The Morgan fingerprint density at radius 3 is 2.13 bits per heavy atom. The maximum atomic E-state index is 13.0. The summed E-state index contributed by atoms with van der Waals surface area (Å²) in [5, 5.41) is 3.20. The summed E-state index contributed by atoms with van der Waals surface area (Å²) in [6, 6.07) is 18.4. The summed E-state index contributed by atoms with van der Waals surface area (Å²) in [5.41, 5.74) is 3.28. The molecule has 7 heteroatoms. The van der Waals surface area contributed by atoms with Gasteiger partial charge in [-0.25, -0.2) is 8.42 Å². The van der Waals surface area contributed by atoms with Crippen molar-refractivity contribution in [1.29, 1.82) is 0 Å². The van der Waals surface area contributed by atoms with Crippen LogP contribution in [0.15, 0.2) is 71.6 Å². The third-order valence-corrected chi connectivity index (χ3v) is 6.48. The fourth-order valence-electron chi connectivity index (χ4n) is 3.16. The molecule has 0 aromatic heterocycles. The number of rotatable bonds is 7. The number of sulfonamides is 1. The summed E-state index contributed by atoms with van der Waals surface area (Å²) in [6.45, 7) is 4.05. The van der Waals surface area contributed by atoms with E-state index in [9.17, 15) is 13.2 Å². The van der Waals surface area contributed by atoms with Crippen LogP contribution in [-0.2, 0) is 22.9 Å². The number of para-hydroxylation sites is 1. The van der Waals surface area contributed by atoms with Crippen molar-refractivity contribution in [3.05, 3.63) is 88.4 Å². The molecule has 0 atom stereocenters. The zero-order valence-electron chi connectivity index (χ0n) is 16.8. The van der Waals surface area contributed by atoms with Crippen LogP contribution in [0.4, 0.5) is 11.4 Å². The molecular weight excluding hydrogens is 420 g/mol. The highest BCUT2D eigenvalue weighted by molar-refractivity contribution is 7.92. The lowest BCUT2D eigenvalue weighted by atomic mass is 10.0. The van der Waals surface area contributed by atoms with Crippen molar-refractivity contribution in [1.82, 2.24) is 0 Å². The van der Waals surface area contributed by atoms with Gasteiger partial charge in [-0.1, -0.05) is 61.8 Å². The summed E-state index contributed by atoms with van der Waals surface area (Å²) in [4.78, 5) is 13.1. The molecule has 0 aliphatic heterocycles. The molecule has 0 radical (unpaired) electrons. The molecule has 1 amide bonds. The third-order valence-electron chi connectivity index (χ3n) is 4.75. The zero-order chi connectivity index (χ0) is 21.7. The molecule has 30 heavy (non-hydrogen) atoms. The first-order valence-corrected chi connectivity index (χ1v) is 11.5. The van der Waals surface area contributed by atoms with Gasteiger partial charge >= 0.3 is 0 Å². The Labute approximate surface area is 182 Å². The lowest BCUT2D eigenvalue weighted by Crippen LogP contribution is -2.17. The lowest BCUT2D eigenvalue weighted by Gasteiger charge is -2.16. The van der Waals surface area contributed by atoms with E-state index in [2.05, 4.69) is 10.0 Å². The molecule has 5 nitrogen and oxygen atoms in total. The van der Waals surface area contributed by atoms with Gasteiger partial charge in [-0.3, -0.25) is 9.52 Å². The molecule has 3 aromatic carbocycles. The molecule has 0 saturated heterocycles. The molecule has 0 heterocycles. The number of hydrogen-bond donors (Lipinski definition) is 2. The van der Waals surface area contributed by atoms with Gasteiger partial charge in [0.2, 0.25) is 0 Å². The number of nitrogens with one attached hydrogen (secondary N) is 2. The van der Waals surface area contributed by atoms with Gasteiger partial charge in [-0.2, -0.15) is 0 Å². The number of hydrogen-bond acceptors (Lipinski definition) is 3. The largest absolute Gasteiger partial charge is 0.321 e. The van der Waals surface area contributed by atoms with Gasteiger partial charge in [0, 0.05) is 11.4 Å². The fourth-order valence-corrected chi connectivity index (χ4v) is 4.43. The second-order valence-electron chi connectivity index (χ2n) is 6.73. The number of anilines is 2. The van der Waals surface area contributed by atoms with Crippen LogP contribution in [0.5, 0.6) is 0 Å². The molecule has 0 aliphatic rings. The predicted molar refractivity (Wildman–Crippen MR) is 122 cm³/mol. The first-order chi connectivity index (χ1) is 14.4. The molecule has 156 valence electrons. The number of aryl methyl sites for hydroxylation is 2. The van der Waals surface area contributed by atoms with Crippen LogP contribution < -0.4 is 10.0 Å². The molecule has 0 aliphatic carbocycles. The van der Waals surface area contributed by atoms with E-state index < -0.39 is 15.9 Å². The molecular formula is C23H23ClN2O3S. The van der Waals surface area contributed by atoms with Crippen LogP contribution in [0.3, 0.4) is 0 Å². The SMILES string of the molecule is CCc1cccc(CC)c1NC(=O)c1cc(NS(=O)(=O)c2ccccc2)ccc1Cl. The molecule has 0 fully saturated rings. The van der Waals surface area contributed by atoms with Crippen LogP contribution in [0.1, 0.15) is 35.3 Å². The Hall–Kier alpha value is -2.83. The monoisotopic (exact) mass is 442 g/mol. The van der Waals surface area contributed by atoms with Crippen LogP contribution in [0.25, 0.3) is 0 Å². The van der Waals surface area contributed by atoms with Crippen molar-refractivity contribution in [3.63, 3.8) is 0 Å². The van der Waals surface area contributed by atoms with Crippen molar-refractivity contribution in [2.24, 2.45) is 0 Å². The highest BCUT2D eigenvalue weighted by atomic mass is 35.5. The zero-order valence-corrected chi connectivity index (χ0v) is 18.3. The highest BCUT2D eigenvalue weighted by Gasteiger charge is 2.18. The second kappa shape index (κ2) is 9.32. The number of carbonyl (C=O) groups excluding carboxylic acids is 1. The van der Waals surface area contributed by atoms with Crippen LogP contribution in [0.2, 0.25) is 5.02 Å². The van der Waals surface area contributed by atoms with Crippen molar-refractivity contribution >= 4 is 38.9 Å². The Bertz CT molecular complexity index is 1140. The summed E-state index contributed by atoms with van der Waals surface area (Å²) in [6.07, 6.45) is 1.54. The van der Waals surface area contributed by atoms with E-state index in [4.69, 9.17) is 11.6 Å². The molecule has 3 aromatic rings. The minimum atomic E-state index is -3.77. The first kappa shape index (κ1) is 21.9. The summed E-state index contributed by atoms with van der Waals surface area (Å²) < 4.78 is 27.7. The van der Waals surface area contributed by atoms with E-state index in [0.717, 1.165) is 29.7 Å². The van der Waals surface area contributed by atoms with E-state index in [1.165, 1.54) is 30.3 Å². The average molecular weight is 443 g/mol. The van der Waals surface area contributed by atoms with Crippen LogP contribution in [-0.4, -0.2) is 14.3 Å². The normalized spacial score (nSPS) is 11.2. The Morgan fingerprint density at radius 1 is 0.900 bits per heavy atom. The van der Waals surface area contributed by atoms with Crippen LogP contribution >= 0.6 is 11.6 Å². The first-order valence-electron chi connectivity index (χ1n) is 9.65. The summed E-state index contributed by atoms with van der Waals surface area (Å²) in [7, 11) is -3.77. The van der Waals surface area contributed by atoms with Crippen molar-refractivity contribution < 1.29 is 13.2 Å². The van der Waals surface area contributed by atoms with Gasteiger partial charge in [-0.05, 0) is 54.3 Å². The van der Waals surface area contributed by atoms with E-state index in [0.29, 0.717) is 0 Å². The van der Waals surface area contributed by atoms with Crippen molar-refractivity contribution in [2.75, 3.05) is 10.0 Å². The van der Waals surface area contributed by atoms with E-state index in [1.807, 2.05) is 32.0 Å². The van der Waals surface area contributed by atoms with E-state index >= 15 is 0 Å². The smallest absolute Gasteiger partial charge is 0.261 e. The molecule has 3 rings (SSSR count). The second-order valence-corrected chi connectivity index (χ2v) is 8.82. The molecule has 0 bridgehead atoms. The molecule has 0 unspecified atom stereocenters. The number of halogens is 1. The van der Waals surface area contributed by atoms with Gasteiger partial charge in [0.25, 0.3) is 15.9 Å². The standard InChI is InChI=1S/C23H23ClN2O3S/c1-3-16-9-8-10-17(4-2)22(16)25-23(27)20-15-18(13-14-21(20)24)26-30(28,29)19-11-6-5-7-12-19/h5-15,26H,3-4H2,1-2H3,(H,25,27). The average Bonchev–Trinajstić information content (AvgIpc) is 2.75. The Balaban J connectivity index is 1.90. The minimum absolute atomic E-state index is 0.135. The Morgan fingerprint density at radius 2 is 1.53 bits per heavy atom. The third kappa shape index (κ3) is 4.83. The number of benzene rings is 3. The van der Waals surface area contributed by atoms with Crippen molar-refractivity contribution in [3.8, 4) is 0 Å². The van der Waals surface area contributed by atoms with Gasteiger partial charge in [0.1, 0.15) is 0 Å². The van der Waals surface area contributed by atoms with E-state index in [1.54, 1.807) is 18.2 Å². The molecule has 0 spiro atoms. The minimum Gasteiger partial charge on any atom is -0.321 e. The van der Waals surface area contributed by atoms with Gasteiger partial charge in [0.15, 0.2) is 0 Å². The molecule has 2 N–H and O–H groups in total. The van der Waals surface area contributed by atoms with Gasteiger partial charge in [-0.15, -0.1) is 0 Å². The maximum absolute atomic E-state index is 13.0. The lowest BCUT2D eigenvalue weighted by molar-refractivity contribution is 0.102. The summed E-state index contributed by atoms with van der Waals surface area (Å²) >= 11 is 6.25. The van der Waals surface area contributed by atoms with E-state index in [-0.39, 0.29) is 21.2 Å². The topological polar surface area (TPSA) is 75.3 Å². The quantitative estimate of drug-likeness (QED) is 0.506. The molecule has 0 saturated carbocycles. The fraction of sp³-hybridized carbons (Fsp3) is 0.174. The number of amides is 1. The van der Waals surface area contributed by atoms with Gasteiger partial charge < -0.3 is 5.32 Å². The maximum Gasteiger partial charge on any atom is 0.261 e. The Kier molecular flexibility index (Phi) is 6.80. The highest BCUT2D eigenvalue weighted by Crippen LogP contribution is 2.27. The van der Waals surface area contributed by atoms with Gasteiger partial charge in [0.05, 0.1) is 15.5 Å².